The first-order valence-electron chi connectivity index (χ1n) is 7.09. The highest BCUT2D eigenvalue weighted by Gasteiger charge is 2.13. The van der Waals surface area contributed by atoms with Gasteiger partial charge in [-0.25, -0.2) is 4.79 Å². The van der Waals surface area contributed by atoms with Crippen LogP contribution in [0.3, 0.4) is 0 Å². The van der Waals surface area contributed by atoms with Crippen molar-refractivity contribution in [3.05, 3.63) is 59.7 Å². The number of nitrogens with one attached hydrogen (secondary N) is 1. The molecule has 0 saturated carbocycles. The van der Waals surface area contributed by atoms with Crippen molar-refractivity contribution in [1.82, 2.24) is 4.90 Å². The van der Waals surface area contributed by atoms with Gasteiger partial charge in [0.2, 0.25) is 0 Å². The van der Waals surface area contributed by atoms with Gasteiger partial charge in [-0.05, 0) is 42.4 Å². The largest absolute Gasteiger partial charge is 0.508 e. The standard InChI is InChI=1S/C17H18N2O3S/c1-19(10-9-12-5-3-2-4-6-12)17(23)18-15-8-7-13(20)11-14(15)16(21)22/h2-8,11,20H,9-10H2,1H3,(H,18,23)(H,21,22). The van der Waals surface area contributed by atoms with Crippen LogP contribution in [-0.2, 0) is 6.42 Å². The molecule has 5 nitrogen and oxygen atoms in total. The number of rotatable bonds is 5. The van der Waals surface area contributed by atoms with Crippen molar-refractivity contribution in [3.63, 3.8) is 0 Å². The number of phenolic OH excluding ortho intramolecular Hbond substituents is 1. The lowest BCUT2D eigenvalue weighted by Gasteiger charge is -2.21. The summed E-state index contributed by atoms with van der Waals surface area (Å²) in [6, 6.07) is 14.1. The third-order valence-corrected chi connectivity index (χ3v) is 3.81. The van der Waals surface area contributed by atoms with Crippen molar-refractivity contribution in [2.24, 2.45) is 0 Å². The van der Waals surface area contributed by atoms with Crippen LogP contribution in [0.1, 0.15) is 15.9 Å². The number of phenols is 1. The highest BCUT2D eigenvalue weighted by Crippen LogP contribution is 2.21. The second-order valence-corrected chi connectivity index (χ2v) is 5.51. The smallest absolute Gasteiger partial charge is 0.337 e. The minimum absolute atomic E-state index is 0.0243. The van der Waals surface area contributed by atoms with Crippen molar-refractivity contribution in [2.45, 2.75) is 6.42 Å². The summed E-state index contributed by atoms with van der Waals surface area (Å²) in [5, 5.41) is 21.9. The van der Waals surface area contributed by atoms with Crippen molar-refractivity contribution in [2.75, 3.05) is 18.9 Å². The van der Waals surface area contributed by atoms with E-state index in [0.29, 0.717) is 17.3 Å². The molecule has 0 aliphatic rings. The molecule has 0 amide bonds. The molecule has 0 spiro atoms. The number of carboxylic acids is 1. The number of aromatic hydroxyl groups is 1. The predicted octanol–water partition coefficient (Wildman–Crippen LogP) is 2.96. The first kappa shape index (κ1) is 16.8. The number of carbonyl (C=O) groups is 1. The quantitative estimate of drug-likeness (QED) is 0.578. The molecule has 0 radical (unpaired) electrons. The van der Waals surface area contributed by atoms with Crippen molar-refractivity contribution >= 4 is 29.0 Å². The normalized spacial score (nSPS) is 10.1. The molecule has 23 heavy (non-hydrogen) atoms. The van der Waals surface area contributed by atoms with Crippen LogP contribution in [0.15, 0.2) is 48.5 Å². The summed E-state index contributed by atoms with van der Waals surface area (Å²) >= 11 is 5.31. The fraction of sp³-hybridized carbons (Fsp3) is 0.176. The Morgan fingerprint density at radius 3 is 2.57 bits per heavy atom. The van der Waals surface area contributed by atoms with Crippen LogP contribution < -0.4 is 5.32 Å². The monoisotopic (exact) mass is 330 g/mol. The summed E-state index contributed by atoms with van der Waals surface area (Å²) in [4.78, 5) is 13.1. The lowest BCUT2D eigenvalue weighted by atomic mass is 10.1. The van der Waals surface area contributed by atoms with Crippen LogP contribution in [-0.4, -0.2) is 39.8 Å². The Bertz CT molecular complexity index is 704. The first-order chi connectivity index (χ1) is 11.0. The number of hydrogen-bond acceptors (Lipinski definition) is 3. The van der Waals surface area contributed by atoms with Crippen molar-refractivity contribution in [1.29, 1.82) is 0 Å². The molecule has 0 heterocycles. The average Bonchev–Trinajstić information content (AvgIpc) is 2.55. The fourth-order valence-corrected chi connectivity index (χ4v) is 2.27. The third kappa shape index (κ3) is 4.69. The van der Waals surface area contributed by atoms with Gasteiger partial charge in [0.25, 0.3) is 0 Å². The number of thiocarbonyl (C=S) groups is 1. The molecule has 120 valence electrons. The maximum absolute atomic E-state index is 11.2. The van der Waals surface area contributed by atoms with Crippen LogP contribution in [0.2, 0.25) is 0 Å². The maximum atomic E-state index is 11.2. The third-order valence-electron chi connectivity index (χ3n) is 3.40. The number of carboxylic acid groups (broad SMARTS) is 1. The van der Waals surface area contributed by atoms with Gasteiger partial charge in [0, 0.05) is 13.6 Å². The van der Waals surface area contributed by atoms with E-state index in [0.717, 1.165) is 6.42 Å². The van der Waals surface area contributed by atoms with Gasteiger partial charge in [0.15, 0.2) is 5.11 Å². The molecule has 2 aromatic rings. The number of benzene rings is 2. The van der Waals surface area contributed by atoms with Crippen LogP contribution in [0.4, 0.5) is 5.69 Å². The molecule has 6 heteroatoms. The van der Waals surface area contributed by atoms with Gasteiger partial charge in [-0.3, -0.25) is 0 Å². The maximum Gasteiger partial charge on any atom is 0.337 e. The Balaban J connectivity index is 2.00. The van der Waals surface area contributed by atoms with E-state index in [2.05, 4.69) is 5.32 Å². The van der Waals surface area contributed by atoms with Gasteiger partial charge in [-0.2, -0.15) is 0 Å². The van der Waals surface area contributed by atoms with E-state index in [1.165, 1.54) is 23.8 Å². The molecule has 2 aromatic carbocycles. The molecule has 0 atom stereocenters. The highest BCUT2D eigenvalue weighted by atomic mass is 32.1. The van der Waals surface area contributed by atoms with Gasteiger partial charge in [0.05, 0.1) is 11.3 Å². The SMILES string of the molecule is CN(CCc1ccccc1)C(=S)Nc1ccc(O)cc1C(=O)O. The minimum atomic E-state index is -1.13. The van der Waals surface area contributed by atoms with E-state index >= 15 is 0 Å². The highest BCUT2D eigenvalue weighted by molar-refractivity contribution is 7.80. The summed E-state index contributed by atoms with van der Waals surface area (Å²) in [7, 11) is 1.85. The van der Waals surface area contributed by atoms with E-state index in [9.17, 15) is 15.0 Å². The van der Waals surface area contributed by atoms with Crippen LogP contribution in [0, 0.1) is 0 Å². The molecule has 0 saturated heterocycles. The molecule has 0 unspecified atom stereocenters. The number of likely N-dealkylation sites (N-methyl/N-ethyl adjacent to an activating group) is 1. The Kier molecular flexibility index (Phi) is 5.54. The second-order valence-electron chi connectivity index (χ2n) is 5.12. The van der Waals surface area contributed by atoms with Gasteiger partial charge < -0.3 is 20.4 Å². The summed E-state index contributed by atoms with van der Waals surface area (Å²) < 4.78 is 0. The Morgan fingerprint density at radius 2 is 1.91 bits per heavy atom. The fourth-order valence-electron chi connectivity index (χ4n) is 2.07. The molecular weight excluding hydrogens is 312 g/mol. The molecule has 0 fully saturated rings. The molecule has 2 rings (SSSR count). The second kappa shape index (κ2) is 7.60. The Hall–Kier alpha value is -2.60. The first-order valence-corrected chi connectivity index (χ1v) is 7.50. The van der Waals surface area contributed by atoms with Gasteiger partial charge in [0.1, 0.15) is 5.75 Å². The number of anilines is 1. The molecule has 0 bridgehead atoms. The minimum Gasteiger partial charge on any atom is -0.508 e. The Labute approximate surface area is 140 Å². The average molecular weight is 330 g/mol. The molecule has 3 N–H and O–H groups in total. The lowest BCUT2D eigenvalue weighted by molar-refractivity contribution is 0.0697. The molecule has 0 aromatic heterocycles. The van der Waals surface area contributed by atoms with E-state index in [4.69, 9.17) is 12.2 Å². The van der Waals surface area contributed by atoms with Crippen molar-refractivity contribution < 1.29 is 15.0 Å². The van der Waals surface area contributed by atoms with Crippen LogP contribution in [0.5, 0.6) is 5.75 Å². The van der Waals surface area contributed by atoms with E-state index in [-0.39, 0.29) is 11.3 Å². The predicted molar refractivity (Wildman–Crippen MR) is 94.1 cm³/mol. The summed E-state index contributed by atoms with van der Waals surface area (Å²) in [5.74, 6) is -1.23. The number of aromatic carboxylic acids is 1. The lowest BCUT2D eigenvalue weighted by Crippen LogP contribution is -2.33. The van der Waals surface area contributed by atoms with E-state index < -0.39 is 5.97 Å². The number of hydrogen-bond donors (Lipinski definition) is 3. The zero-order valence-electron chi connectivity index (χ0n) is 12.7. The summed E-state index contributed by atoms with van der Waals surface area (Å²) in [6.45, 7) is 0.705. The molecule has 0 aliphatic heterocycles. The van der Waals surface area contributed by atoms with Gasteiger partial charge in [-0.15, -0.1) is 0 Å². The van der Waals surface area contributed by atoms with E-state index in [1.54, 1.807) is 0 Å². The summed E-state index contributed by atoms with van der Waals surface area (Å²) in [5.41, 5.74) is 1.54. The van der Waals surface area contributed by atoms with Crippen LogP contribution in [0.25, 0.3) is 0 Å². The topological polar surface area (TPSA) is 72.8 Å². The van der Waals surface area contributed by atoms with Crippen LogP contribution >= 0.6 is 12.2 Å². The zero-order valence-corrected chi connectivity index (χ0v) is 13.5. The van der Waals surface area contributed by atoms with Gasteiger partial charge >= 0.3 is 5.97 Å². The molecular formula is C17H18N2O3S. The Morgan fingerprint density at radius 1 is 1.22 bits per heavy atom. The van der Waals surface area contributed by atoms with E-state index in [1.807, 2.05) is 42.3 Å². The zero-order chi connectivity index (χ0) is 16.8. The van der Waals surface area contributed by atoms with Gasteiger partial charge in [-0.1, -0.05) is 30.3 Å². The van der Waals surface area contributed by atoms with Crippen molar-refractivity contribution in [3.8, 4) is 5.75 Å². The summed E-state index contributed by atoms with van der Waals surface area (Å²) in [6.07, 6.45) is 0.834. The number of nitrogens with zero attached hydrogens (tertiary/aromatic N) is 1. The molecule has 0 aliphatic carbocycles.